The Bertz CT molecular complexity index is 422. The van der Waals surface area contributed by atoms with Crippen molar-refractivity contribution in [3.63, 3.8) is 0 Å². The predicted molar refractivity (Wildman–Crippen MR) is 65.7 cm³/mol. The van der Waals surface area contributed by atoms with E-state index in [9.17, 15) is 0 Å². The normalized spacial score (nSPS) is 24.9. The molecule has 1 unspecified atom stereocenters. The van der Waals surface area contributed by atoms with Crippen molar-refractivity contribution in [1.29, 1.82) is 5.41 Å². The van der Waals surface area contributed by atoms with Crippen LogP contribution in [0.4, 0.5) is 0 Å². The fourth-order valence-corrected chi connectivity index (χ4v) is 2.28. The second-order valence-corrected chi connectivity index (χ2v) is 4.67. The van der Waals surface area contributed by atoms with Gasteiger partial charge in [-0.2, -0.15) is 0 Å². The van der Waals surface area contributed by atoms with Crippen molar-refractivity contribution in [2.75, 3.05) is 0 Å². The summed E-state index contributed by atoms with van der Waals surface area (Å²) in [6.45, 7) is 3.99. The first-order chi connectivity index (χ1) is 7.57. The van der Waals surface area contributed by atoms with Gasteiger partial charge in [0.05, 0.1) is 5.76 Å². The minimum absolute atomic E-state index is 0.267. The van der Waals surface area contributed by atoms with Gasteiger partial charge in [-0.05, 0) is 25.5 Å². The van der Waals surface area contributed by atoms with Crippen molar-refractivity contribution in [3.8, 4) is 0 Å². The number of allylic oxidation sites excluding steroid dienone is 2. The first kappa shape index (κ1) is 10.9. The van der Waals surface area contributed by atoms with E-state index in [0.717, 1.165) is 12.2 Å². The number of benzene rings is 1. The Morgan fingerprint density at radius 2 is 2.00 bits per heavy atom. The summed E-state index contributed by atoms with van der Waals surface area (Å²) in [6.07, 6.45) is 3.33. The second-order valence-electron chi connectivity index (χ2n) is 4.67. The van der Waals surface area contributed by atoms with Crippen LogP contribution in [-0.2, 0) is 11.2 Å². The van der Waals surface area contributed by atoms with Gasteiger partial charge in [-0.1, -0.05) is 30.3 Å². The topological polar surface area (TPSA) is 33.1 Å². The van der Waals surface area contributed by atoms with Crippen LogP contribution in [0.3, 0.4) is 0 Å². The molecule has 0 saturated carbocycles. The van der Waals surface area contributed by atoms with Gasteiger partial charge < -0.3 is 10.1 Å². The van der Waals surface area contributed by atoms with Gasteiger partial charge in [0.2, 0.25) is 0 Å². The number of rotatable bonds is 2. The summed E-state index contributed by atoms with van der Waals surface area (Å²) in [5, 5.41) is 7.78. The quantitative estimate of drug-likeness (QED) is 0.806. The van der Waals surface area contributed by atoms with E-state index in [1.54, 1.807) is 6.08 Å². The molecule has 1 aromatic rings. The Kier molecular flexibility index (Phi) is 2.82. The molecule has 0 fully saturated rings. The smallest absolute Gasteiger partial charge is 0.115 e. The van der Waals surface area contributed by atoms with Crippen LogP contribution in [-0.4, -0.2) is 11.3 Å². The van der Waals surface area contributed by atoms with Gasteiger partial charge in [-0.25, -0.2) is 0 Å². The zero-order chi connectivity index (χ0) is 11.6. The fourth-order valence-electron chi connectivity index (χ4n) is 2.28. The lowest BCUT2D eigenvalue weighted by Crippen LogP contribution is -2.36. The maximum absolute atomic E-state index is 7.78. The molecule has 2 heteroatoms. The zero-order valence-electron chi connectivity index (χ0n) is 9.79. The van der Waals surface area contributed by atoms with Crippen molar-refractivity contribution in [2.24, 2.45) is 0 Å². The molecule has 0 bridgehead atoms. The lowest BCUT2D eigenvalue weighted by Gasteiger charge is -2.34. The van der Waals surface area contributed by atoms with Crippen LogP contribution in [0.5, 0.6) is 0 Å². The zero-order valence-corrected chi connectivity index (χ0v) is 9.79. The molecule has 1 N–H and O–H groups in total. The minimum atomic E-state index is -0.267. The molecule has 1 aromatic carbocycles. The molecule has 84 valence electrons. The highest BCUT2D eigenvalue weighted by atomic mass is 16.5. The van der Waals surface area contributed by atoms with Gasteiger partial charge in [-0.15, -0.1) is 0 Å². The van der Waals surface area contributed by atoms with Crippen LogP contribution >= 0.6 is 0 Å². The van der Waals surface area contributed by atoms with Crippen molar-refractivity contribution in [1.82, 2.24) is 0 Å². The van der Waals surface area contributed by atoms with Gasteiger partial charge >= 0.3 is 0 Å². The largest absolute Gasteiger partial charge is 0.491 e. The summed E-state index contributed by atoms with van der Waals surface area (Å²) in [6, 6.07) is 10.3. The molecule has 1 aliphatic heterocycles. The van der Waals surface area contributed by atoms with Crippen LogP contribution in [0.1, 0.15) is 25.8 Å². The monoisotopic (exact) mass is 215 g/mol. The third kappa shape index (κ3) is 2.51. The molecule has 0 radical (unpaired) electrons. The first-order valence-electron chi connectivity index (χ1n) is 5.56. The van der Waals surface area contributed by atoms with Gasteiger partial charge in [0, 0.05) is 18.6 Å². The van der Waals surface area contributed by atoms with Crippen molar-refractivity contribution < 1.29 is 4.74 Å². The number of nitrogens with one attached hydrogen (secondary N) is 1. The van der Waals surface area contributed by atoms with E-state index in [-0.39, 0.29) is 5.60 Å². The molecule has 1 aliphatic rings. The lowest BCUT2D eigenvalue weighted by molar-refractivity contribution is 0.0210. The highest BCUT2D eigenvalue weighted by molar-refractivity contribution is 5.94. The summed E-state index contributed by atoms with van der Waals surface area (Å²) in [4.78, 5) is 0. The van der Waals surface area contributed by atoms with Gasteiger partial charge in [0.25, 0.3) is 0 Å². The molecule has 1 atom stereocenters. The average molecular weight is 215 g/mol. The molecule has 0 aromatic heterocycles. The van der Waals surface area contributed by atoms with E-state index in [0.29, 0.717) is 12.1 Å². The predicted octanol–water partition coefficient (Wildman–Crippen LogP) is 3.33. The van der Waals surface area contributed by atoms with Crippen molar-refractivity contribution in [2.45, 2.75) is 32.3 Å². The van der Waals surface area contributed by atoms with E-state index in [1.807, 2.05) is 25.1 Å². The lowest BCUT2D eigenvalue weighted by atomic mass is 9.89. The Labute approximate surface area is 96.5 Å². The van der Waals surface area contributed by atoms with Crippen LogP contribution in [0.15, 0.2) is 42.2 Å². The maximum Gasteiger partial charge on any atom is 0.115 e. The van der Waals surface area contributed by atoms with E-state index in [1.165, 1.54) is 5.56 Å². The van der Waals surface area contributed by atoms with Gasteiger partial charge in [0.1, 0.15) is 5.60 Å². The highest BCUT2D eigenvalue weighted by Crippen LogP contribution is 2.28. The van der Waals surface area contributed by atoms with Gasteiger partial charge in [0.15, 0.2) is 0 Å². The van der Waals surface area contributed by atoms with Gasteiger partial charge in [-0.3, -0.25) is 0 Å². The molecule has 2 rings (SSSR count). The first-order valence-corrected chi connectivity index (χ1v) is 5.56. The number of hydrogen-bond acceptors (Lipinski definition) is 2. The van der Waals surface area contributed by atoms with Crippen LogP contribution in [0.25, 0.3) is 0 Å². The SMILES string of the molecule is CC1=CC(=N)CC(C)(Cc2ccccc2)O1. The molecule has 2 nitrogen and oxygen atoms in total. The second kappa shape index (κ2) is 4.12. The minimum Gasteiger partial charge on any atom is -0.491 e. The van der Waals surface area contributed by atoms with E-state index in [4.69, 9.17) is 10.1 Å². The van der Waals surface area contributed by atoms with Crippen LogP contribution in [0, 0.1) is 5.41 Å². The summed E-state index contributed by atoms with van der Waals surface area (Å²) in [7, 11) is 0. The third-order valence-electron chi connectivity index (χ3n) is 2.77. The molecule has 0 amide bonds. The fraction of sp³-hybridized carbons (Fsp3) is 0.357. The number of hydrogen-bond donors (Lipinski definition) is 1. The molecule has 0 saturated heterocycles. The van der Waals surface area contributed by atoms with Crippen molar-refractivity contribution >= 4 is 5.71 Å². The molecule has 1 heterocycles. The Morgan fingerprint density at radius 1 is 1.31 bits per heavy atom. The highest BCUT2D eigenvalue weighted by Gasteiger charge is 2.31. The molecular weight excluding hydrogens is 198 g/mol. The molecular formula is C14H17NO. The Hall–Kier alpha value is -1.57. The Balaban J connectivity index is 2.15. The van der Waals surface area contributed by atoms with E-state index < -0.39 is 0 Å². The maximum atomic E-state index is 7.78. The molecule has 0 spiro atoms. The van der Waals surface area contributed by atoms with E-state index in [2.05, 4.69) is 19.1 Å². The summed E-state index contributed by atoms with van der Waals surface area (Å²) in [5.74, 6) is 0.842. The molecule has 0 aliphatic carbocycles. The Morgan fingerprint density at radius 3 is 2.62 bits per heavy atom. The van der Waals surface area contributed by atoms with Crippen LogP contribution in [0.2, 0.25) is 0 Å². The standard InChI is InChI=1S/C14H17NO/c1-11-8-13(15)10-14(2,16-11)9-12-6-4-3-5-7-12/h3-8,15H,9-10H2,1-2H3. The summed E-state index contributed by atoms with van der Waals surface area (Å²) < 4.78 is 5.87. The van der Waals surface area contributed by atoms with E-state index >= 15 is 0 Å². The molecule has 16 heavy (non-hydrogen) atoms. The summed E-state index contributed by atoms with van der Waals surface area (Å²) >= 11 is 0. The average Bonchev–Trinajstić information content (AvgIpc) is 2.15. The van der Waals surface area contributed by atoms with Crippen molar-refractivity contribution in [3.05, 3.63) is 47.7 Å². The third-order valence-corrected chi connectivity index (χ3v) is 2.77. The van der Waals surface area contributed by atoms with Crippen LogP contribution < -0.4 is 0 Å². The number of ether oxygens (including phenoxy) is 1. The summed E-state index contributed by atoms with van der Waals surface area (Å²) in [5.41, 5.74) is 1.65.